The van der Waals surface area contributed by atoms with Gasteiger partial charge in [-0.05, 0) is 126 Å². The van der Waals surface area contributed by atoms with Gasteiger partial charge in [0.2, 0.25) is 0 Å². The third-order valence-corrected chi connectivity index (χ3v) is 20.1. The third kappa shape index (κ3) is 6.95. The summed E-state index contributed by atoms with van der Waals surface area (Å²) in [6.07, 6.45) is 0. The Kier molecular flexibility index (Phi) is 10.5. The molecule has 14 rings (SSSR count). The highest BCUT2D eigenvalue weighted by molar-refractivity contribution is 7.22. The number of rotatable bonds is 9. The molecule has 1 aliphatic rings. The van der Waals surface area contributed by atoms with Crippen molar-refractivity contribution >= 4 is 95.5 Å². The number of fused-ring (bicyclic) bond motifs is 6. The zero-order chi connectivity index (χ0) is 49.0. The van der Waals surface area contributed by atoms with Gasteiger partial charge in [-0.15, -0.1) is 0 Å². The quantitative estimate of drug-likeness (QED) is 0.134. The number of aromatic nitrogens is 1. The summed E-state index contributed by atoms with van der Waals surface area (Å²) in [5.74, 6) is 1.16. The van der Waals surface area contributed by atoms with Gasteiger partial charge in [0.25, 0.3) is 0 Å². The van der Waals surface area contributed by atoms with Crippen molar-refractivity contribution in [3.63, 3.8) is 0 Å². The predicted octanol–water partition coefficient (Wildman–Crippen LogP) is 15.9. The highest BCUT2D eigenvalue weighted by atomic mass is 28.3. The average Bonchev–Trinajstić information content (AvgIpc) is 3.82. The molecule has 0 aliphatic carbocycles. The lowest BCUT2D eigenvalue weighted by molar-refractivity contribution is 1.08. The summed E-state index contributed by atoms with van der Waals surface area (Å²) < 4.78 is 2.52. The Bertz CT molecular complexity index is 4000. The number of hydrogen-bond acceptors (Lipinski definition) is 2. The molecular weight excluding hydrogens is 911 g/mol. The van der Waals surface area contributed by atoms with Crippen LogP contribution in [-0.2, 0) is 0 Å². The Morgan fingerprint density at radius 2 is 0.757 bits per heavy atom. The van der Waals surface area contributed by atoms with Crippen molar-refractivity contribution in [3.05, 3.63) is 297 Å². The fourth-order valence-corrected chi connectivity index (χ4v) is 17.3. The maximum absolute atomic E-state index is 3.16. The second-order valence-corrected chi connectivity index (χ2v) is 22.9. The van der Waals surface area contributed by atoms with Crippen molar-refractivity contribution in [1.82, 2.24) is 4.57 Å². The summed E-state index contributed by atoms with van der Waals surface area (Å²) in [6.45, 7) is 0. The van der Waals surface area contributed by atoms with Crippen LogP contribution in [0.15, 0.2) is 297 Å². The van der Waals surface area contributed by atoms with Gasteiger partial charge in [0.1, 0.15) is 5.82 Å². The van der Waals surface area contributed by atoms with Gasteiger partial charge in [-0.2, -0.15) is 0 Å². The van der Waals surface area contributed by atoms with E-state index >= 15 is 0 Å². The SMILES string of the molecule is c1ccc(N2c3cc(N(c4ccc(-c5cccc6ccccc56)cc4)c4ccc(-c5cccc6ccccc56)cc4)ccc3[Si](c3ccccc3)(c3ccccc3)c3c2n(-c2ccccc2)c2ccccc32)cc1. The largest absolute Gasteiger partial charge is 0.310 e. The predicted molar refractivity (Wildman–Crippen MR) is 316 cm³/mol. The summed E-state index contributed by atoms with van der Waals surface area (Å²) in [4.78, 5) is 5.00. The van der Waals surface area contributed by atoms with E-state index in [0.29, 0.717) is 0 Å². The Morgan fingerprint density at radius 1 is 0.324 bits per heavy atom. The van der Waals surface area contributed by atoms with Crippen LogP contribution in [0.4, 0.5) is 34.3 Å². The van der Waals surface area contributed by atoms with Crippen molar-refractivity contribution in [3.8, 4) is 27.9 Å². The first-order valence-electron chi connectivity index (χ1n) is 25.5. The second-order valence-electron chi connectivity index (χ2n) is 19.2. The number of benzene rings is 12. The first-order chi connectivity index (χ1) is 36.7. The molecular formula is C70H49N3Si. The molecule has 0 bridgehead atoms. The molecule has 4 heteroatoms. The van der Waals surface area contributed by atoms with E-state index in [4.69, 9.17) is 0 Å². The second kappa shape index (κ2) is 18.0. The monoisotopic (exact) mass is 959 g/mol. The van der Waals surface area contributed by atoms with Crippen molar-refractivity contribution in [2.24, 2.45) is 0 Å². The van der Waals surface area contributed by atoms with Gasteiger partial charge in [0.15, 0.2) is 8.07 Å². The molecule has 12 aromatic carbocycles. The first kappa shape index (κ1) is 43.3. The summed E-state index contributed by atoms with van der Waals surface area (Å²) in [5, 5.41) is 11.6. The maximum atomic E-state index is 2.56. The van der Waals surface area contributed by atoms with Crippen LogP contribution in [0.3, 0.4) is 0 Å². The van der Waals surface area contributed by atoms with Gasteiger partial charge < -0.3 is 4.90 Å². The molecule has 74 heavy (non-hydrogen) atoms. The summed E-state index contributed by atoms with van der Waals surface area (Å²) >= 11 is 0. The first-order valence-corrected chi connectivity index (χ1v) is 27.5. The summed E-state index contributed by atoms with van der Waals surface area (Å²) in [6, 6.07) is 110. The molecule has 0 amide bonds. The lowest BCUT2D eigenvalue weighted by Crippen LogP contribution is -2.77. The van der Waals surface area contributed by atoms with Crippen LogP contribution in [0.2, 0.25) is 0 Å². The minimum Gasteiger partial charge on any atom is -0.310 e. The minimum absolute atomic E-state index is 1.07. The Hall–Kier alpha value is -9.48. The Morgan fingerprint density at radius 3 is 1.30 bits per heavy atom. The van der Waals surface area contributed by atoms with Gasteiger partial charge >= 0.3 is 0 Å². The van der Waals surface area contributed by atoms with E-state index in [1.807, 2.05) is 0 Å². The molecule has 0 fully saturated rings. The topological polar surface area (TPSA) is 11.4 Å². The molecule has 1 aliphatic heterocycles. The highest BCUT2D eigenvalue weighted by Crippen LogP contribution is 2.46. The Labute approximate surface area is 432 Å². The van der Waals surface area contributed by atoms with Crippen LogP contribution in [0, 0.1) is 0 Å². The molecule has 0 spiro atoms. The molecule has 2 heterocycles. The molecule has 0 atom stereocenters. The third-order valence-electron chi connectivity index (χ3n) is 15.2. The fourth-order valence-electron chi connectivity index (χ4n) is 12.0. The van der Waals surface area contributed by atoms with Crippen LogP contribution in [0.5, 0.6) is 0 Å². The van der Waals surface area contributed by atoms with Gasteiger partial charge in [0, 0.05) is 44.7 Å². The molecule has 348 valence electrons. The molecule has 0 saturated carbocycles. The normalized spacial score (nSPS) is 12.7. The van der Waals surface area contributed by atoms with Gasteiger partial charge in [-0.25, -0.2) is 0 Å². The lowest BCUT2D eigenvalue weighted by atomic mass is 9.97. The van der Waals surface area contributed by atoms with Crippen LogP contribution >= 0.6 is 0 Å². The fraction of sp³-hybridized carbons (Fsp3) is 0. The number of nitrogens with zero attached hydrogens (tertiary/aromatic N) is 3. The zero-order valence-corrected chi connectivity index (χ0v) is 41.6. The molecule has 1 aromatic heterocycles. The van der Waals surface area contributed by atoms with Crippen molar-refractivity contribution < 1.29 is 0 Å². The van der Waals surface area contributed by atoms with E-state index in [0.717, 1.165) is 39.9 Å². The molecule has 0 radical (unpaired) electrons. The van der Waals surface area contributed by atoms with Gasteiger partial charge in [-0.1, -0.05) is 231 Å². The maximum Gasteiger partial charge on any atom is 0.186 e. The van der Waals surface area contributed by atoms with Crippen LogP contribution in [0.1, 0.15) is 0 Å². The molecule has 0 unspecified atom stereocenters. The average molecular weight is 960 g/mol. The molecule has 3 nitrogen and oxygen atoms in total. The minimum atomic E-state index is -3.16. The number of para-hydroxylation sites is 3. The van der Waals surface area contributed by atoms with Crippen LogP contribution in [-0.4, -0.2) is 12.6 Å². The zero-order valence-electron chi connectivity index (χ0n) is 40.6. The standard InChI is InChI=1S/C70H49N3Si/c1-5-25-54(26-6-1)72-66-38-18-17-35-65(66)69-70(72)73(55-27-7-2-8-28-55)67-49-58(47-48-68(67)74(69,59-29-9-3-10-30-59)60-31-11-4-12-32-60)71(56-43-39-52(40-44-56)63-36-19-23-50-21-13-15-33-61(50)63)57-45-41-53(42-46-57)64-37-20-24-51-22-14-16-34-62(51)64/h1-49H. The number of anilines is 6. The Balaban J connectivity index is 1.05. The van der Waals surface area contributed by atoms with E-state index < -0.39 is 8.07 Å². The van der Waals surface area contributed by atoms with E-state index in [-0.39, 0.29) is 0 Å². The lowest BCUT2D eigenvalue weighted by Gasteiger charge is -2.44. The van der Waals surface area contributed by atoms with E-state index in [1.54, 1.807) is 0 Å². The highest BCUT2D eigenvalue weighted by Gasteiger charge is 2.52. The van der Waals surface area contributed by atoms with Crippen molar-refractivity contribution in [2.45, 2.75) is 0 Å². The molecule has 13 aromatic rings. The van der Waals surface area contributed by atoms with E-state index in [1.165, 1.54) is 75.4 Å². The van der Waals surface area contributed by atoms with Gasteiger partial charge in [0.05, 0.1) is 5.52 Å². The summed E-state index contributed by atoms with van der Waals surface area (Å²) in [7, 11) is -3.16. The number of hydrogen-bond donors (Lipinski definition) is 0. The molecule has 0 saturated heterocycles. The smallest absolute Gasteiger partial charge is 0.186 e. The van der Waals surface area contributed by atoms with E-state index in [9.17, 15) is 0 Å². The van der Waals surface area contributed by atoms with Crippen molar-refractivity contribution in [1.29, 1.82) is 0 Å². The van der Waals surface area contributed by atoms with Crippen LogP contribution in [0.25, 0.3) is 60.4 Å². The van der Waals surface area contributed by atoms with Crippen molar-refractivity contribution in [2.75, 3.05) is 9.80 Å². The van der Waals surface area contributed by atoms with E-state index in [2.05, 4.69) is 312 Å². The molecule has 0 N–H and O–H groups in total. The summed E-state index contributed by atoms with van der Waals surface area (Å²) in [5.41, 5.74) is 12.6. The van der Waals surface area contributed by atoms with Crippen LogP contribution < -0.4 is 30.5 Å². The van der Waals surface area contributed by atoms with Gasteiger partial charge in [-0.3, -0.25) is 9.47 Å².